The summed E-state index contributed by atoms with van der Waals surface area (Å²) >= 11 is 0. The lowest BCUT2D eigenvalue weighted by atomic mass is 9.85. The Morgan fingerprint density at radius 3 is 2.32 bits per heavy atom. The van der Waals surface area contributed by atoms with Gasteiger partial charge in [-0.2, -0.15) is 0 Å². The van der Waals surface area contributed by atoms with E-state index in [9.17, 15) is 9.59 Å². The van der Waals surface area contributed by atoms with E-state index in [0.717, 1.165) is 50.8 Å². The van der Waals surface area contributed by atoms with Gasteiger partial charge in [-0.05, 0) is 62.6 Å². The maximum absolute atomic E-state index is 13.1. The van der Waals surface area contributed by atoms with E-state index in [1.54, 1.807) is 12.1 Å². The van der Waals surface area contributed by atoms with Crippen LogP contribution in [0.25, 0.3) is 0 Å². The molecule has 2 aliphatic rings. The first kappa shape index (κ1) is 26.2. The second-order valence-electron chi connectivity index (χ2n) is 10.0. The first-order valence-electron chi connectivity index (χ1n) is 12.9. The molecule has 8 heteroatoms. The predicted molar refractivity (Wildman–Crippen MR) is 135 cm³/mol. The van der Waals surface area contributed by atoms with Crippen molar-refractivity contribution in [3.8, 4) is 0 Å². The number of rotatable bonds is 11. The fraction of sp³-hybridized carbons (Fsp3) is 0.654. The molecule has 1 unspecified atom stereocenters. The molecule has 0 bridgehead atoms. The summed E-state index contributed by atoms with van der Waals surface area (Å²) in [5.74, 6) is 0.698. The highest BCUT2D eigenvalue weighted by Gasteiger charge is 2.27. The van der Waals surface area contributed by atoms with E-state index in [2.05, 4.69) is 16.0 Å². The molecular formula is C26H42N6O2. The fourth-order valence-corrected chi connectivity index (χ4v) is 5.12. The van der Waals surface area contributed by atoms with E-state index in [4.69, 9.17) is 16.9 Å². The number of piperidine rings is 1. The number of amides is 2. The molecule has 1 saturated heterocycles. The average Bonchev–Trinajstić information content (AvgIpc) is 2.86. The summed E-state index contributed by atoms with van der Waals surface area (Å²) in [5.41, 5.74) is 13.3. The van der Waals surface area contributed by atoms with E-state index < -0.39 is 12.1 Å². The van der Waals surface area contributed by atoms with Gasteiger partial charge in [-0.25, -0.2) is 0 Å². The van der Waals surface area contributed by atoms with Gasteiger partial charge in [0.05, 0.1) is 6.04 Å². The first-order valence-corrected chi connectivity index (χ1v) is 12.9. The highest BCUT2D eigenvalue weighted by molar-refractivity contribution is 5.95. The Balaban J connectivity index is 1.55. The minimum Gasteiger partial charge on any atom is -0.384 e. The Morgan fingerprint density at radius 2 is 1.68 bits per heavy atom. The fourth-order valence-electron chi connectivity index (χ4n) is 5.12. The molecule has 1 aromatic carbocycles. The van der Waals surface area contributed by atoms with Gasteiger partial charge >= 0.3 is 0 Å². The number of benzene rings is 1. The van der Waals surface area contributed by atoms with Crippen molar-refractivity contribution in [2.75, 3.05) is 13.1 Å². The van der Waals surface area contributed by atoms with Crippen LogP contribution in [0.1, 0.15) is 75.3 Å². The van der Waals surface area contributed by atoms with Gasteiger partial charge in [0, 0.05) is 12.1 Å². The molecule has 1 saturated carbocycles. The van der Waals surface area contributed by atoms with Crippen molar-refractivity contribution >= 4 is 17.6 Å². The number of nitrogen functional groups attached to an aromatic ring is 1. The lowest BCUT2D eigenvalue weighted by Crippen LogP contribution is -2.52. The Hall–Kier alpha value is -2.45. The van der Waals surface area contributed by atoms with Crippen LogP contribution in [0.5, 0.6) is 0 Å². The lowest BCUT2D eigenvalue weighted by Gasteiger charge is -2.27. The molecule has 3 rings (SSSR count). The van der Waals surface area contributed by atoms with Crippen LogP contribution in [0.3, 0.4) is 0 Å². The van der Waals surface area contributed by atoms with Crippen molar-refractivity contribution in [3.05, 3.63) is 35.4 Å². The lowest BCUT2D eigenvalue weighted by molar-refractivity contribution is -0.130. The Morgan fingerprint density at radius 1 is 1.00 bits per heavy atom. The number of carbonyl (C=O) groups excluding carboxylic acids is 2. The normalized spacial score (nSPS) is 19.2. The SMILES string of the molecule is N=C(N)c1ccc(CNC(=O)C(CCC2CCNCC2)NC(=O)[C@H](N)CC2CCCCC2)cc1. The molecular weight excluding hydrogens is 428 g/mol. The monoisotopic (exact) mass is 470 g/mol. The van der Waals surface area contributed by atoms with Crippen LogP contribution in [0.15, 0.2) is 24.3 Å². The summed E-state index contributed by atoms with van der Waals surface area (Å²) in [4.78, 5) is 26.0. The molecule has 0 radical (unpaired) electrons. The minimum atomic E-state index is -0.587. The summed E-state index contributed by atoms with van der Waals surface area (Å²) in [5, 5.41) is 16.8. The van der Waals surface area contributed by atoms with Gasteiger partial charge in [0.2, 0.25) is 11.8 Å². The zero-order valence-electron chi connectivity index (χ0n) is 20.3. The second kappa shape index (κ2) is 13.4. The van der Waals surface area contributed by atoms with Crippen LogP contribution in [0, 0.1) is 17.2 Å². The molecule has 2 fully saturated rings. The molecule has 0 spiro atoms. The predicted octanol–water partition coefficient (Wildman–Crippen LogP) is 2.15. The standard InChI is InChI=1S/C26H42N6O2/c27-22(16-19-4-2-1-3-5-19)25(33)32-23(11-8-18-12-14-30-15-13-18)26(34)31-17-20-6-9-21(10-7-20)24(28)29/h6-7,9-10,18-19,22-23,30H,1-5,8,11-17,27H2,(H3,28,29)(H,31,34)(H,32,33)/t22-,23?/m1/s1. The number of hydrogen-bond acceptors (Lipinski definition) is 5. The third-order valence-electron chi connectivity index (χ3n) is 7.34. The van der Waals surface area contributed by atoms with Gasteiger partial charge in [0.1, 0.15) is 11.9 Å². The topological polar surface area (TPSA) is 146 Å². The first-order chi connectivity index (χ1) is 16.4. The van der Waals surface area contributed by atoms with Crippen molar-refractivity contribution in [2.24, 2.45) is 23.3 Å². The second-order valence-corrected chi connectivity index (χ2v) is 10.0. The van der Waals surface area contributed by atoms with Crippen molar-refractivity contribution in [1.82, 2.24) is 16.0 Å². The molecule has 34 heavy (non-hydrogen) atoms. The Kier molecular flexibility index (Phi) is 10.3. The molecule has 1 aliphatic carbocycles. The molecule has 1 heterocycles. The summed E-state index contributed by atoms with van der Waals surface area (Å²) in [6.07, 6.45) is 10.4. The summed E-state index contributed by atoms with van der Waals surface area (Å²) in [6.45, 7) is 2.37. The number of carbonyl (C=O) groups is 2. The highest BCUT2D eigenvalue weighted by atomic mass is 16.2. The molecule has 2 amide bonds. The maximum Gasteiger partial charge on any atom is 0.242 e. The van der Waals surface area contributed by atoms with Gasteiger partial charge in [-0.1, -0.05) is 56.4 Å². The van der Waals surface area contributed by atoms with Gasteiger partial charge in [0.25, 0.3) is 0 Å². The van der Waals surface area contributed by atoms with Crippen LogP contribution < -0.4 is 27.4 Å². The van der Waals surface area contributed by atoms with Crippen molar-refractivity contribution in [2.45, 2.75) is 82.8 Å². The number of nitrogens with two attached hydrogens (primary N) is 2. The van der Waals surface area contributed by atoms with E-state index in [0.29, 0.717) is 36.8 Å². The molecule has 8 N–H and O–H groups in total. The zero-order chi connectivity index (χ0) is 24.3. The number of nitrogens with one attached hydrogen (secondary N) is 4. The van der Waals surface area contributed by atoms with Gasteiger partial charge in [-0.15, -0.1) is 0 Å². The molecule has 2 atom stereocenters. The van der Waals surface area contributed by atoms with Crippen LogP contribution in [-0.2, 0) is 16.1 Å². The van der Waals surface area contributed by atoms with Crippen LogP contribution in [-0.4, -0.2) is 42.8 Å². The summed E-state index contributed by atoms with van der Waals surface area (Å²) < 4.78 is 0. The highest BCUT2D eigenvalue weighted by Crippen LogP contribution is 2.27. The minimum absolute atomic E-state index is 0.0147. The third-order valence-corrected chi connectivity index (χ3v) is 7.34. The molecule has 1 aliphatic heterocycles. The quantitative estimate of drug-likeness (QED) is 0.217. The zero-order valence-corrected chi connectivity index (χ0v) is 20.3. The summed E-state index contributed by atoms with van der Waals surface area (Å²) in [7, 11) is 0. The third kappa shape index (κ3) is 8.40. The maximum atomic E-state index is 13.1. The van der Waals surface area contributed by atoms with Crippen LogP contribution >= 0.6 is 0 Å². The smallest absolute Gasteiger partial charge is 0.242 e. The number of amidine groups is 1. The van der Waals surface area contributed by atoms with E-state index in [1.165, 1.54) is 19.3 Å². The van der Waals surface area contributed by atoms with Crippen molar-refractivity contribution in [1.29, 1.82) is 5.41 Å². The van der Waals surface area contributed by atoms with E-state index in [1.807, 2.05) is 12.1 Å². The van der Waals surface area contributed by atoms with Gasteiger partial charge < -0.3 is 27.4 Å². The van der Waals surface area contributed by atoms with Crippen LogP contribution in [0.4, 0.5) is 0 Å². The van der Waals surface area contributed by atoms with Gasteiger partial charge in [-0.3, -0.25) is 15.0 Å². The molecule has 0 aromatic heterocycles. The van der Waals surface area contributed by atoms with Gasteiger partial charge in [0.15, 0.2) is 0 Å². The molecule has 8 nitrogen and oxygen atoms in total. The largest absolute Gasteiger partial charge is 0.384 e. The molecule has 188 valence electrons. The van der Waals surface area contributed by atoms with E-state index >= 15 is 0 Å². The molecule has 1 aromatic rings. The van der Waals surface area contributed by atoms with Crippen LogP contribution in [0.2, 0.25) is 0 Å². The average molecular weight is 471 g/mol. The number of hydrogen-bond donors (Lipinski definition) is 6. The Labute approximate surface area is 203 Å². The van der Waals surface area contributed by atoms with Crippen molar-refractivity contribution < 1.29 is 9.59 Å². The summed E-state index contributed by atoms with van der Waals surface area (Å²) in [6, 6.07) is 6.07. The van der Waals surface area contributed by atoms with E-state index in [-0.39, 0.29) is 17.6 Å². The van der Waals surface area contributed by atoms with Crippen molar-refractivity contribution in [3.63, 3.8) is 0 Å². The Bertz CT molecular complexity index is 800.